The van der Waals surface area contributed by atoms with Crippen molar-refractivity contribution in [1.29, 1.82) is 0 Å². The molecule has 3 N–H and O–H groups in total. The van der Waals surface area contributed by atoms with E-state index in [1.165, 1.54) is 20.4 Å². The molecule has 15 heteroatoms. The summed E-state index contributed by atoms with van der Waals surface area (Å²) in [4.78, 5) is 47.9. The number of nitrogens with one attached hydrogen (secondary N) is 1. The van der Waals surface area contributed by atoms with Crippen molar-refractivity contribution in [3.63, 3.8) is 0 Å². The molecule has 0 radical (unpaired) electrons. The summed E-state index contributed by atoms with van der Waals surface area (Å²) in [5, 5.41) is 30.2. The van der Waals surface area contributed by atoms with Gasteiger partial charge in [0.2, 0.25) is 0 Å². The van der Waals surface area contributed by atoms with Crippen LogP contribution in [0.5, 0.6) is 17.2 Å². The lowest BCUT2D eigenvalue weighted by atomic mass is 9.98. The fourth-order valence-corrected chi connectivity index (χ4v) is 7.65. The molecule has 3 aromatic carbocycles. The van der Waals surface area contributed by atoms with Crippen LogP contribution in [0.4, 0.5) is 4.79 Å². The predicted molar refractivity (Wildman–Crippen MR) is 223 cm³/mol. The standard InChI is InChI=1S/C44H40N8O7/c1-24(2)32-19-33(39(54)20-38(32)53)41-46-47-43(56)52(41)30-6-9-35-27(15-30)18-37(50(35)5)42(55)48(3)11-12-49(4)44(57)59-31-7-8-34-26(16-31)14-28-21-51-22-29-23-58-13-10-25(29)17-36(51)40(28)45-34/h6-10,13-22,24,53-54H,11-12,23H2,1-5H3,(H,47,56). The molecule has 0 bridgehead atoms. The average molecular weight is 793 g/mol. The number of carbonyl (C=O) groups excluding carboxylic acids is 2. The van der Waals surface area contributed by atoms with Crippen LogP contribution in [0.1, 0.15) is 46.9 Å². The number of aromatic hydroxyl groups is 2. The molecular formula is C44H40N8O7. The van der Waals surface area contributed by atoms with E-state index < -0.39 is 11.8 Å². The number of carbonyl (C=O) groups is 2. The number of aryl methyl sites for hydroxylation is 1. The number of hydrogen-bond acceptors (Lipinski definition) is 9. The Bertz CT molecular complexity index is 3120. The van der Waals surface area contributed by atoms with Crippen molar-refractivity contribution in [3.05, 3.63) is 118 Å². The van der Waals surface area contributed by atoms with Crippen molar-refractivity contribution in [2.75, 3.05) is 27.2 Å². The number of fused-ring (bicyclic) bond motifs is 6. The zero-order valence-corrected chi connectivity index (χ0v) is 32.9. The molecule has 0 fully saturated rings. The van der Waals surface area contributed by atoms with Crippen LogP contribution in [0.3, 0.4) is 0 Å². The lowest BCUT2D eigenvalue weighted by molar-refractivity contribution is 0.0771. The number of pyridine rings is 2. The van der Waals surface area contributed by atoms with Gasteiger partial charge in [-0.15, -0.1) is 0 Å². The van der Waals surface area contributed by atoms with E-state index in [-0.39, 0.29) is 47.8 Å². The molecule has 6 heterocycles. The van der Waals surface area contributed by atoms with E-state index >= 15 is 0 Å². The first-order chi connectivity index (χ1) is 28.3. The number of rotatable bonds is 8. The largest absolute Gasteiger partial charge is 0.508 e. The number of aromatic amines is 1. The van der Waals surface area contributed by atoms with Gasteiger partial charge < -0.3 is 38.5 Å². The van der Waals surface area contributed by atoms with Gasteiger partial charge in [-0.1, -0.05) is 13.8 Å². The Labute approximate surface area is 336 Å². The van der Waals surface area contributed by atoms with Crippen LogP contribution in [0.25, 0.3) is 61.4 Å². The summed E-state index contributed by atoms with van der Waals surface area (Å²) >= 11 is 0. The van der Waals surface area contributed by atoms with Crippen LogP contribution in [-0.2, 0) is 18.4 Å². The molecular weight excluding hydrogens is 753 g/mol. The van der Waals surface area contributed by atoms with Gasteiger partial charge in [0.1, 0.15) is 29.5 Å². The SMILES string of the molecule is CC(C)c1cc(-c2n[nH]c(=O)n2-c2ccc3c(c2)cc(C(=O)N(C)CCN(C)C(=O)Oc2ccc4nc5c(cc4c2)cn2cc4c(cc52)C=COC4)n3C)c(O)cc1O. The van der Waals surface area contributed by atoms with Crippen LogP contribution in [0.2, 0.25) is 0 Å². The molecule has 0 saturated carbocycles. The zero-order valence-electron chi connectivity index (χ0n) is 32.9. The smallest absolute Gasteiger partial charge is 0.415 e. The maximum Gasteiger partial charge on any atom is 0.415 e. The van der Waals surface area contributed by atoms with E-state index in [1.54, 1.807) is 74.4 Å². The molecule has 1 aliphatic rings. The summed E-state index contributed by atoms with van der Waals surface area (Å²) in [7, 11) is 5.07. The first-order valence-corrected chi connectivity index (χ1v) is 19.0. The molecule has 8 aromatic rings. The lowest BCUT2D eigenvalue weighted by Crippen LogP contribution is -2.39. The average Bonchev–Trinajstić information content (AvgIpc) is 3.88. The summed E-state index contributed by atoms with van der Waals surface area (Å²) in [5.41, 5.74) is 6.82. The second-order valence-electron chi connectivity index (χ2n) is 15.2. The highest BCUT2D eigenvalue weighted by Crippen LogP contribution is 2.38. The number of benzene rings is 3. The Morgan fingerprint density at radius 3 is 2.54 bits per heavy atom. The van der Waals surface area contributed by atoms with Crippen LogP contribution in [0.15, 0.2) is 90.2 Å². The minimum atomic E-state index is -0.568. The van der Waals surface area contributed by atoms with Gasteiger partial charge in [0.25, 0.3) is 5.91 Å². The van der Waals surface area contributed by atoms with Gasteiger partial charge in [0, 0.05) is 79.9 Å². The fourth-order valence-electron chi connectivity index (χ4n) is 7.65. The van der Waals surface area contributed by atoms with E-state index in [0.717, 1.165) is 44.0 Å². The number of amides is 2. The second kappa shape index (κ2) is 14.1. The maximum atomic E-state index is 13.7. The number of H-pyrrole nitrogens is 1. The topological polar surface area (TPSA) is 172 Å². The first kappa shape index (κ1) is 37.1. The minimum Gasteiger partial charge on any atom is -0.508 e. The van der Waals surface area contributed by atoms with Crippen molar-refractivity contribution in [3.8, 4) is 34.3 Å². The van der Waals surface area contributed by atoms with E-state index in [0.29, 0.717) is 34.7 Å². The van der Waals surface area contributed by atoms with Gasteiger partial charge in [-0.2, -0.15) is 5.10 Å². The molecule has 0 spiro atoms. The maximum absolute atomic E-state index is 13.7. The Morgan fingerprint density at radius 1 is 0.915 bits per heavy atom. The Hall–Kier alpha value is -7.55. The summed E-state index contributed by atoms with van der Waals surface area (Å²) in [6.45, 7) is 4.78. The normalized spacial score (nSPS) is 12.4. The first-order valence-electron chi connectivity index (χ1n) is 19.0. The van der Waals surface area contributed by atoms with Crippen LogP contribution in [-0.4, -0.2) is 87.9 Å². The van der Waals surface area contributed by atoms with Gasteiger partial charge in [0.05, 0.1) is 34.1 Å². The van der Waals surface area contributed by atoms with E-state index in [1.807, 2.05) is 38.3 Å². The van der Waals surface area contributed by atoms with Crippen LogP contribution < -0.4 is 10.4 Å². The summed E-state index contributed by atoms with van der Waals surface area (Å²) in [5.74, 6) is -0.0484. The molecule has 5 aromatic heterocycles. The van der Waals surface area contributed by atoms with Gasteiger partial charge in [0.15, 0.2) is 5.82 Å². The van der Waals surface area contributed by atoms with E-state index in [4.69, 9.17) is 14.5 Å². The molecule has 298 valence electrons. The van der Waals surface area contributed by atoms with Crippen LogP contribution >= 0.6 is 0 Å². The van der Waals surface area contributed by atoms with Crippen molar-refractivity contribution in [1.82, 2.24) is 38.5 Å². The highest BCUT2D eigenvalue weighted by atomic mass is 16.6. The Kier molecular flexibility index (Phi) is 8.87. The highest BCUT2D eigenvalue weighted by molar-refractivity contribution is 6.02. The monoisotopic (exact) mass is 792 g/mol. The van der Waals surface area contributed by atoms with E-state index in [9.17, 15) is 24.6 Å². The van der Waals surface area contributed by atoms with Crippen molar-refractivity contribution in [2.24, 2.45) is 7.05 Å². The van der Waals surface area contributed by atoms with Gasteiger partial charge in [-0.3, -0.25) is 4.79 Å². The quantitative estimate of drug-likeness (QED) is 0.148. The highest BCUT2D eigenvalue weighted by Gasteiger charge is 2.23. The molecule has 59 heavy (non-hydrogen) atoms. The number of hydrogen-bond donors (Lipinski definition) is 3. The molecule has 15 nitrogen and oxygen atoms in total. The molecule has 1 aliphatic heterocycles. The summed E-state index contributed by atoms with van der Waals surface area (Å²) < 4.78 is 16.4. The number of nitrogens with zero attached hydrogens (tertiary/aromatic N) is 7. The molecule has 0 aliphatic carbocycles. The molecule has 2 amide bonds. The minimum absolute atomic E-state index is 0.0498. The van der Waals surface area contributed by atoms with Crippen molar-refractivity contribution in [2.45, 2.75) is 26.4 Å². The van der Waals surface area contributed by atoms with Gasteiger partial charge >= 0.3 is 11.8 Å². The molecule has 9 rings (SSSR count). The summed E-state index contributed by atoms with van der Waals surface area (Å²) in [6.07, 6.45) is 7.18. The third-order valence-corrected chi connectivity index (χ3v) is 11.0. The number of phenolic OH excluding ortho intramolecular Hbond substituents is 2. The predicted octanol–water partition coefficient (Wildman–Crippen LogP) is 6.91. The van der Waals surface area contributed by atoms with Gasteiger partial charge in [-0.25, -0.2) is 24.2 Å². The fraction of sp³-hybridized carbons (Fsp3) is 0.205. The lowest BCUT2D eigenvalue weighted by Gasteiger charge is -2.22. The van der Waals surface area contributed by atoms with Crippen molar-refractivity contribution < 1.29 is 29.3 Å². The number of likely N-dealkylation sites (N-methyl/N-ethyl adjacent to an activating group) is 2. The van der Waals surface area contributed by atoms with Gasteiger partial charge in [-0.05, 0) is 83.8 Å². The van der Waals surface area contributed by atoms with Crippen LogP contribution in [0, 0.1) is 0 Å². The zero-order chi connectivity index (χ0) is 41.3. The van der Waals surface area contributed by atoms with Crippen molar-refractivity contribution >= 4 is 56.3 Å². The molecule has 0 unspecified atom stereocenters. The Morgan fingerprint density at radius 2 is 1.73 bits per heavy atom. The number of ether oxygens (including phenoxy) is 2. The Balaban J connectivity index is 0.883. The number of aromatic nitrogens is 6. The third-order valence-electron chi connectivity index (χ3n) is 11.0. The van der Waals surface area contributed by atoms with E-state index in [2.05, 4.69) is 26.9 Å². The second-order valence-corrected chi connectivity index (χ2v) is 15.2. The number of phenols is 2. The molecule has 0 atom stereocenters. The third kappa shape index (κ3) is 6.45. The summed E-state index contributed by atoms with van der Waals surface area (Å²) in [6, 6.07) is 19.4. The molecule has 0 saturated heterocycles.